The number of hydrogen-bond donors (Lipinski definition) is 2. The van der Waals surface area contributed by atoms with Crippen molar-refractivity contribution in [1.29, 1.82) is 0 Å². The summed E-state index contributed by atoms with van der Waals surface area (Å²) in [5.74, 6) is -0.0643. The van der Waals surface area contributed by atoms with Gasteiger partial charge in [0, 0.05) is 17.1 Å². The minimum absolute atomic E-state index is 0.0209. The third kappa shape index (κ3) is 4.40. The Balaban J connectivity index is 2.65. The lowest BCUT2D eigenvalue weighted by molar-refractivity contribution is -0.119. The Bertz CT molecular complexity index is 368. The van der Waals surface area contributed by atoms with Gasteiger partial charge >= 0.3 is 0 Å². The second-order valence-electron chi connectivity index (χ2n) is 3.94. The fourth-order valence-electron chi connectivity index (χ4n) is 1.65. The van der Waals surface area contributed by atoms with Gasteiger partial charge in [-0.15, -0.1) is 11.8 Å². The summed E-state index contributed by atoms with van der Waals surface area (Å²) in [6, 6.07) is 7.84. The van der Waals surface area contributed by atoms with E-state index in [1.165, 1.54) is 0 Å². The minimum Gasteiger partial charge on any atom is -0.330 e. The number of hydrogen-bond acceptors (Lipinski definition) is 3. The lowest BCUT2D eigenvalue weighted by Gasteiger charge is -2.14. The molecule has 17 heavy (non-hydrogen) atoms. The molecule has 3 N–H and O–H groups in total. The Morgan fingerprint density at radius 2 is 2.29 bits per heavy atom. The fourth-order valence-corrected chi connectivity index (χ4v) is 2.11. The van der Waals surface area contributed by atoms with Gasteiger partial charge in [0.25, 0.3) is 0 Å². The summed E-state index contributed by atoms with van der Waals surface area (Å²) in [7, 11) is 0. The number of amides is 1. The van der Waals surface area contributed by atoms with E-state index in [1.807, 2.05) is 30.5 Å². The molecule has 1 rings (SSSR count). The molecule has 3 nitrogen and oxygen atoms in total. The molecular formula is C13H20N2OS. The highest BCUT2D eigenvalue weighted by atomic mass is 32.2. The van der Waals surface area contributed by atoms with Crippen LogP contribution in [-0.4, -0.2) is 18.7 Å². The van der Waals surface area contributed by atoms with Crippen LogP contribution in [0.25, 0.3) is 0 Å². The quantitative estimate of drug-likeness (QED) is 0.765. The molecule has 0 aliphatic rings. The van der Waals surface area contributed by atoms with Crippen molar-refractivity contribution < 1.29 is 4.79 Å². The highest BCUT2D eigenvalue weighted by Crippen LogP contribution is 2.19. The molecule has 1 amide bonds. The SMILES string of the molecule is CCCC(CN)C(=O)Nc1cccc(SC)c1. The first-order chi connectivity index (χ1) is 8.21. The van der Waals surface area contributed by atoms with Crippen LogP contribution in [0.2, 0.25) is 0 Å². The first kappa shape index (κ1) is 14.1. The van der Waals surface area contributed by atoms with E-state index in [4.69, 9.17) is 5.73 Å². The Morgan fingerprint density at radius 1 is 1.53 bits per heavy atom. The third-order valence-electron chi connectivity index (χ3n) is 2.63. The van der Waals surface area contributed by atoms with E-state index < -0.39 is 0 Å². The molecule has 1 unspecified atom stereocenters. The van der Waals surface area contributed by atoms with Crippen LogP contribution in [0.15, 0.2) is 29.2 Å². The molecule has 4 heteroatoms. The van der Waals surface area contributed by atoms with Crippen molar-refractivity contribution in [3.63, 3.8) is 0 Å². The van der Waals surface area contributed by atoms with Crippen molar-refractivity contribution in [2.45, 2.75) is 24.7 Å². The van der Waals surface area contributed by atoms with Crippen LogP contribution < -0.4 is 11.1 Å². The summed E-state index contributed by atoms with van der Waals surface area (Å²) in [5.41, 5.74) is 6.45. The van der Waals surface area contributed by atoms with Crippen LogP contribution in [0.4, 0.5) is 5.69 Å². The molecule has 94 valence electrons. The van der Waals surface area contributed by atoms with Gasteiger partial charge in [-0.1, -0.05) is 19.4 Å². The molecule has 0 saturated heterocycles. The number of rotatable bonds is 6. The molecule has 0 saturated carbocycles. The van der Waals surface area contributed by atoms with E-state index in [0.29, 0.717) is 6.54 Å². The maximum Gasteiger partial charge on any atom is 0.228 e. The van der Waals surface area contributed by atoms with Gasteiger partial charge in [-0.25, -0.2) is 0 Å². The molecule has 0 radical (unpaired) electrons. The first-order valence-electron chi connectivity index (χ1n) is 5.86. The number of carbonyl (C=O) groups is 1. The molecule has 0 fully saturated rings. The van der Waals surface area contributed by atoms with E-state index in [2.05, 4.69) is 12.2 Å². The lowest BCUT2D eigenvalue weighted by Crippen LogP contribution is -2.29. The fraction of sp³-hybridized carbons (Fsp3) is 0.462. The average Bonchev–Trinajstić information content (AvgIpc) is 2.36. The summed E-state index contributed by atoms with van der Waals surface area (Å²) >= 11 is 1.66. The molecule has 1 aromatic carbocycles. The van der Waals surface area contributed by atoms with E-state index in [0.717, 1.165) is 23.4 Å². The highest BCUT2D eigenvalue weighted by Gasteiger charge is 2.15. The van der Waals surface area contributed by atoms with Crippen LogP contribution in [0.3, 0.4) is 0 Å². The van der Waals surface area contributed by atoms with E-state index in [-0.39, 0.29) is 11.8 Å². The largest absolute Gasteiger partial charge is 0.330 e. The summed E-state index contributed by atoms with van der Waals surface area (Å²) in [6.45, 7) is 2.46. The number of nitrogens with one attached hydrogen (secondary N) is 1. The molecule has 0 bridgehead atoms. The van der Waals surface area contributed by atoms with Crippen LogP contribution in [0, 0.1) is 5.92 Å². The van der Waals surface area contributed by atoms with Crippen molar-refractivity contribution in [3.05, 3.63) is 24.3 Å². The van der Waals surface area contributed by atoms with Gasteiger partial charge < -0.3 is 11.1 Å². The van der Waals surface area contributed by atoms with Crippen molar-refractivity contribution in [3.8, 4) is 0 Å². The van der Waals surface area contributed by atoms with Crippen LogP contribution in [-0.2, 0) is 4.79 Å². The first-order valence-corrected chi connectivity index (χ1v) is 7.08. The number of anilines is 1. The Labute approximate surface area is 107 Å². The number of benzene rings is 1. The van der Waals surface area contributed by atoms with Crippen LogP contribution in [0.1, 0.15) is 19.8 Å². The van der Waals surface area contributed by atoms with E-state index in [9.17, 15) is 4.79 Å². The molecule has 0 spiro atoms. The topological polar surface area (TPSA) is 55.1 Å². The van der Waals surface area contributed by atoms with Gasteiger partial charge in [0.2, 0.25) is 5.91 Å². The smallest absolute Gasteiger partial charge is 0.228 e. The minimum atomic E-state index is -0.0852. The number of carbonyl (C=O) groups excluding carboxylic acids is 1. The van der Waals surface area contributed by atoms with Gasteiger partial charge in [0.15, 0.2) is 0 Å². The molecule has 0 heterocycles. The maximum absolute atomic E-state index is 11.9. The molecular weight excluding hydrogens is 232 g/mol. The van der Waals surface area contributed by atoms with Crippen molar-refractivity contribution >= 4 is 23.4 Å². The molecule has 0 aliphatic carbocycles. The molecule has 0 aromatic heterocycles. The second kappa shape index (κ2) is 7.35. The summed E-state index contributed by atoms with van der Waals surface area (Å²) in [4.78, 5) is 13.1. The van der Waals surface area contributed by atoms with E-state index >= 15 is 0 Å². The third-order valence-corrected chi connectivity index (χ3v) is 3.36. The zero-order valence-electron chi connectivity index (χ0n) is 10.4. The van der Waals surface area contributed by atoms with Gasteiger partial charge in [0.1, 0.15) is 0 Å². The van der Waals surface area contributed by atoms with Crippen LogP contribution >= 0.6 is 11.8 Å². The van der Waals surface area contributed by atoms with Crippen molar-refractivity contribution in [1.82, 2.24) is 0 Å². The van der Waals surface area contributed by atoms with E-state index in [1.54, 1.807) is 11.8 Å². The summed E-state index contributed by atoms with van der Waals surface area (Å²) < 4.78 is 0. The van der Waals surface area contributed by atoms with Crippen molar-refractivity contribution in [2.24, 2.45) is 11.7 Å². The number of nitrogens with two attached hydrogens (primary N) is 1. The maximum atomic E-state index is 11.9. The predicted octanol–water partition coefficient (Wildman–Crippen LogP) is 2.72. The Morgan fingerprint density at radius 3 is 2.88 bits per heavy atom. The average molecular weight is 252 g/mol. The zero-order chi connectivity index (χ0) is 12.7. The molecule has 0 aliphatic heterocycles. The molecule has 1 atom stereocenters. The zero-order valence-corrected chi connectivity index (χ0v) is 11.2. The molecule has 1 aromatic rings. The predicted molar refractivity (Wildman–Crippen MR) is 74.3 cm³/mol. The van der Waals surface area contributed by atoms with Crippen LogP contribution in [0.5, 0.6) is 0 Å². The lowest BCUT2D eigenvalue weighted by atomic mass is 10.0. The Kier molecular flexibility index (Phi) is 6.08. The van der Waals surface area contributed by atoms with Gasteiger partial charge in [-0.05, 0) is 30.9 Å². The Hall–Kier alpha value is -1.00. The monoisotopic (exact) mass is 252 g/mol. The standard InChI is InChI=1S/C13H20N2OS/c1-3-5-10(9-14)13(16)15-11-6-4-7-12(8-11)17-2/h4,6-8,10H,3,5,9,14H2,1-2H3,(H,15,16). The van der Waals surface area contributed by atoms with Gasteiger partial charge in [-0.3, -0.25) is 4.79 Å². The highest BCUT2D eigenvalue weighted by molar-refractivity contribution is 7.98. The number of thioether (sulfide) groups is 1. The normalized spacial score (nSPS) is 12.2. The summed E-state index contributed by atoms with van der Waals surface area (Å²) in [5, 5.41) is 2.92. The van der Waals surface area contributed by atoms with Gasteiger partial charge in [0.05, 0.1) is 5.92 Å². The van der Waals surface area contributed by atoms with Crippen molar-refractivity contribution in [2.75, 3.05) is 18.1 Å². The summed E-state index contributed by atoms with van der Waals surface area (Å²) in [6.07, 6.45) is 3.82. The second-order valence-corrected chi connectivity index (χ2v) is 4.82. The van der Waals surface area contributed by atoms with Gasteiger partial charge in [-0.2, -0.15) is 0 Å².